The highest BCUT2D eigenvalue weighted by atomic mass is 32.2. The lowest BCUT2D eigenvalue weighted by Gasteiger charge is -2.43. The second-order valence-electron chi connectivity index (χ2n) is 8.48. The SMILES string of the molecule is CCC1=C[C@H]2CCc3c(c4ccccc4n3S(=O)(=O)c3ccccc3)[C@@H]2N(CCO)C1. The van der Waals surface area contributed by atoms with Crippen molar-refractivity contribution in [3.05, 3.63) is 77.5 Å². The molecule has 0 spiro atoms. The average molecular weight is 437 g/mol. The van der Waals surface area contributed by atoms with Gasteiger partial charge in [-0.3, -0.25) is 4.90 Å². The van der Waals surface area contributed by atoms with Crippen molar-refractivity contribution < 1.29 is 13.5 Å². The zero-order chi connectivity index (χ0) is 21.6. The standard InChI is InChI=1S/C25H28N2O3S/c1-2-18-16-19-12-13-23-24(25(19)26(17-18)14-15-28)21-10-6-7-11-22(21)27(23)31(29,30)20-8-4-3-5-9-20/h3-11,16,19,25,28H,2,12-15,17H2,1H3/t19-,25-/m1/s1. The number of nitrogens with zero attached hydrogens (tertiary/aromatic N) is 2. The van der Waals surface area contributed by atoms with Crippen LogP contribution < -0.4 is 0 Å². The average Bonchev–Trinajstić information content (AvgIpc) is 3.15. The van der Waals surface area contributed by atoms with Gasteiger partial charge >= 0.3 is 0 Å². The topological polar surface area (TPSA) is 62.5 Å². The van der Waals surface area contributed by atoms with Crippen LogP contribution >= 0.6 is 0 Å². The largest absolute Gasteiger partial charge is 0.395 e. The van der Waals surface area contributed by atoms with Gasteiger partial charge < -0.3 is 5.11 Å². The highest BCUT2D eigenvalue weighted by Crippen LogP contribution is 2.47. The molecule has 0 fully saturated rings. The molecule has 1 aliphatic heterocycles. The van der Waals surface area contributed by atoms with Crippen LogP contribution in [0.5, 0.6) is 0 Å². The Hall–Kier alpha value is -2.41. The fraction of sp³-hybridized carbons (Fsp3) is 0.360. The molecule has 0 amide bonds. The molecule has 0 saturated carbocycles. The zero-order valence-corrected chi connectivity index (χ0v) is 18.6. The Morgan fingerprint density at radius 3 is 2.55 bits per heavy atom. The summed E-state index contributed by atoms with van der Waals surface area (Å²) in [6.45, 7) is 3.68. The predicted molar refractivity (Wildman–Crippen MR) is 123 cm³/mol. The van der Waals surface area contributed by atoms with Crippen LogP contribution in [0.1, 0.15) is 37.1 Å². The smallest absolute Gasteiger partial charge is 0.268 e. The summed E-state index contributed by atoms with van der Waals surface area (Å²) >= 11 is 0. The lowest BCUT2D eigenvalue weighted by molar-refractivity contribution is 0.116. The van der Waals surface area contributed by atoms with E-state index in [4.69, 9.17) is 0 Å². The maximum Gasteiger partial charge on any atom is 0.268 e. The second kappa shape index (κ2) is 7.93. The van der Waals surface area contributed by atoms with Gasteiger partial charge in [-0.2, -0.15) is 0 Å². The first kappa shape index (κ1) is 20.5. The maximum absolute atomic E-state index is 13.7. The number of aromatic nitrogens is 1. The molecule has 162 valence electrons. The number of para-hydroxylation sites is 1. The first-order valence-corrected chi connectivity index (χ1v) is 12.5. The molecule has 3 aromatic rings. The lowest BCUT2D eigenvalue weighted by atomic mass is 9.77. The molecule has 5 nitrogen and oxygen atoms in total. The van der Waals surface area contributed by atoms with Gasteiger partial charge in [-0.05, 0) is 48.9 Å². The Balaban J connectivity index is 1.76. The highest BCUT2D eigenvalue weighted by molar-refractivity contribution is 7.90. The molecule has 6 heteroatoms. The Morgan fingerprint density at radius 1 is 1.06 bits per heavy atom. The molecule has 31 heavy (non-hydrogen) atoms. The molecular weight excluding hydrogens is 408 g/mol. The number of fused-ring (bicyclic) bond motifs is 5. The van der Waals surface area contributed by atoms with Crippen LogP contribution in [0.25, 0.3) is 10.9 Å². The molecule has 2 aliphatic rings. The van der Waals surface area contributed by atoms with Crippen molar-refractivity contribution in [2.24, 2.45) is 5.92 Å². The number of hydrogen-bond donors (Lipinski definition) is 1. The normalized spacial score (nSPS) is 21.5. The van der Waals surface area contributed by atoms with Crippen LogP contribution in [-0.2, 0) is 16.4 Å². The van der Waals surface area contributed by atoms with Gasteiger partial charge in [-0.1, -0.05) is 55.0 Å². The van der Waals surface area contributed by atoms with E-state index in [2.05, 4.69) is 17.9 Å². The van der Waals surface area contributed by atoms with Crippen molar-refractivity contribution in [3.63, 3.8) is 0 Å². The maximum atomic E-state index is 13.7. The molecule has 2 aromatic carbocycles. The summed E-state index contributed by atoms with van der Waals surface area (Å²) < 4.78 is 29.1. The summed E-state index contributed by atoms with van der Waals surface area (Å²) in [7, 11) is -3.71. The predicted octanol–water partition coefficient (Wildman–Crippen LogP) is 4.13. The van der Waals surface area contributed by atoms with Crippen molar-refractivity contribution in [2.75, 3.05) is 19.7 Å². The summed E-state index contributed by atoms with van der Waals surface area (Å²) in [6, 6.07) is 16.6. The Kier molecular flexibility index (Phi) is 5.24. The molecule has 0 unspecified atom stereocenters. The molecule has 1 aromatic heterocycles. The van der Waals surface area contributed by atoms with E-state index in [0.29, 0.717) is 17.4 Å². The first-order chi connectivity index (χ1) is 15.1. The molecule has 0 bridgehead atoms. The molecule has 0 radical (unpaired) electrons. The Morgan fingerprint density at radius 2 is 1.81 bits per heavy atom. The van der Waals surface area contributed by atoms with E-state index in [1.54, 1.807) is 28.2 Å². The van der Waals surface area contributed by atoms with Gasteiger partial charge in [0.05, 0.1) is 17.0 Å². The number of benzene rings is 2. The summed E-state index contributed by atoms with van der Waals surface area (Å²) in [4.78, 5) is 2.65. The highest BCUT2D eigenvalue weighted by Gasteiger charge is 2.40. The Bertz CT molecular complexity index is 1240. The number of aliphatic hydroxyl groups is 1. The number of β-amino-alcohol motifs (C(OH)–C–C–N with tert-alkyl or cyclic N) is 1. The van der Waals surface area contributed by atoms with Crippen molar-refractivity contribution in [1.29, 1.82) is 0 Å². The van der Waals surface area contributed by atoms with Gasteiger partial charge in [0.15, 0.2) is 0 Å². The van der Waals surface area contributed by atoms with E-state index in [1.165, 1.54) is 5.57 Å². The molecule has 0 saturated heterocycles. The third kappa shape index (κ3) is 3.25. The van der Waals surface area contributed by atoms with Gasteiger partial charge in [0, 0.05) is 30.2 Å². The van der Waals surface area contributed by atoms with Gasteiger partial charge in [-0.15, -0.1) is 0 Å². The van der Waals surface area contributed by atoms with Crippen LogP contribution in [0, 0.1) is 5.92 Å². The Labute approximate surface area is 183 Å². The van der Waals surface area contributed by atoms with E-state index < -0.39 is 10.0 Å². The third-order valence-electron chi connectivity index (χ3n) is 6.76. The third-order valence-corrected chi connectivity index (χ3v) is 8.52. The number of aliphatic hydroxyl groups excluding tert-OH is 1. The molecular formula is C25H28N2O3S. The minimum Gasteiger partial charge on any atom is -0.395 e. The lowest BCUT2D eigenvalue weighted by Crippen LogP contribution is -2.42. The minimum atomic E-state index is -3.71. The number of hydrogen-bond acceptors (Lipinski definition) is 4. The molecule has 2 atom stereocenters. The van der Waals surface area contributed by atoms with Crippen LogP contribution in [0.4, 0.5) is 0 Å². The van der Waals surface area contributed by atoms with Crippen LogP contribution in [-0.4, -0.2) is 42.1 Å². The van der Waals surface area contributed by atoms with Crippen LogP contribution in [0.15, 0.2) is 71.1 Å². The van der Waals surface area contributed by atoms with Crippen molar-refractivity contribution in [2.45, 2.75) is 37.1 Å². The van der Waals surface area contributed by atoms with E-state index in [1.807, 2.05) is 30.3 Å². The monoisotopic (exact) mass is 436 g/mol. The summed E-state index contributed by atoms with van der Waals surface area (Å²) in [5, 5.41) is 10.8. The van der Waals surface area contributed by atoms with Gasteiger partial charge in [0.2, 0.25) is 0 Å². The molecule has 5 rings (SSSR count). The molecule has 1 N–H and O–H groups in total. The molecule has 1 aliphatic carbocycles. The summed E-state index contributed by atoms with van der Waals surface area (Å²) in [6.07, 6.45) is 5.03. The molecule has 2 heterocycles. The summed E-state index contributed by atoms with van der Waals surface area (Å²) in [5.74, 6) is 0.335. The van der Waals surface area contributed by atoms with E-state index in [-0.39, 0.29) is 12.6 Å². The van der Waals surface area contributed by atoms with E-state index >= 15 is 0 Å². The van der Waals surface area contributed by atoms with Crippen LogP contribution in [0.2, 0.25) is 0 Å². The van der Waals surface area contributed by atoms with Gasteiger partial charge in [0.1, 0.15) is 0 Å². The van der Waals surface area contributed by atoms with Gasteiger partial charge in [0.25, 0.3) is 10.0 Å². The number of rotatable bonds is 5. The van der Waals surface area contributed by atoms with E-state index in [0.717, 1.165) is 48.0 Å². The van der Waals surface area contributed by atoms with Crippen molar-refractivity contribution in [3.8, 4) is 0 Å². The first-order valence-electron chi connectivity index (χ1n) is 11.0. The van der Waals surface area contributed by atoms with Crippen molar-refractivity contribution in [1.82, 2.24) is 8.87 Å². The van der Waals surface area contributed by atoms with Crippen molar-refractivity contribution >= 4 is 20.9 Å². The van der Waals surface area contributed by atoms with Gasteiger partial charge in [-0.25, -0.2) is 12.4 Å². The quantitative estimate of drug-likeness (QED) is 0.611. The van der Waals surface area contributed by atoms with Crippen LogP contribution in [0.3, 0.4) is 0 Å². The summed E-state index contributed by atoms with van der Waals surface area (Å²) in [5.41, 5.74) is 4.15. The minimum absolute atomic E-state index is 0.0864. The zero-order valence-electron chi connectivity index (χ0n) is 17.7. The fourth-order valence-corrected chi connectivity index (χ4v) is 7.03. The van der Waals surface area contributed by atoms with E-state index in [9.17, 15) is 13.5 Å². The fourth-order valence-electron chi connectivity index (χ4n) is 5.42. The second-order valence-corrected chi connectivity index (χ2v) is 10.3.